The zero-order valence-corrected chi connectivity index (χ0v) is 14.4. The van der Waals surface area contributed by atoms with Crippen molar-refractivity contribution in [3.05, 3.63) is 71.8 Å². The van der Waals surface area contributed by atoms with E-state index in [0.29, 0.717) is 13.0 Å². The van der Waals surface area contributed by atoms with E-state index in [1.54, 1.807) is 12.1 Å². The number of ether oxygens (including phenoxy) is 1. The molecular formula is C18H20N2O4S. The van der Waals surface area contributed by atoms with Gasteiger partial charge < -0.3 is 10.1 Å². The van der Waals surface area contributed by atoms with Crippen LogP contribution in [0.2, 0.25) is 0 Å². The molecule has 0 heterocycles. The standard InChI is InChI=1S/C18H20N2O4S/c19-25(22,23)17-11-9-15(10-12-17)6-4-5-13-20-18(21)24-14-16-7-2-1-3-8-16/h1-4,6-12H,5,13-14H2,(H,20,21)(H2,19,22,23). The van der Waals surface area contributed by atoms with Crippen LogP contribution in [0.15, 0.2) is 65.6 Å². The van der Waals surface area contributed by atoms with Gasteiger partial charge in [0.2, 0.25) is 10.0 Å². The molecule has 0 saturated heterocycles. The van der Waals surface area contributed by atoms with Crippen LogP contribution in [-0.4, -0.2) is 21.1 Å². The van der Waals surface area contributed by atoms with Gasteiger partial charge in [-0.2, -0.15) is 0 Å². The van der Waals surface area contributed by atoms with Crippen molar-refractivity contribution in [2.24, 2.45) is 5.14 Å². The fourth-order valence-corrected chi connectivity index (χ4v) is 2.54. The van der Waals surface area contributed by atoms with Crippen molar-refractivity contribution >= 4 is 22.2 Å². The molecule has 0 aromatic heterocycles. The molecule has 0 aliphatic rings. The summed E-state index contributed by atoms with van der Waals surface area (Å²) in [5.41, 5.74) is 1.78. The van der Waals surface area contributed by atoms with Crippen LogP contribution in [0.25, 0.3) is 6.08 Å². The van der Waals surface area contributed by atoms with Gasteiger partial charge in [0.05, 0.1) is 4.90 Å². The second-order valence-corrected chi connectivity index (χ2v) is 6.86. The molecule has 0 aliphatic heterocycles. The van der Waals surface area contributed by atoms with Crippen molar-refractivity contribution in [3.63, 3.8) is 0 Å². The van der Waals surface area contributed by atoms with E-state index in [1.165, 1.54) is 12.1 Å². The Labute approximate surface area is 147 Å². The average molecular weight is 360 g/mol. The van der Waals surface area contributed by atoms with Crippen LogP contribution in [0.4, 0.5) is 4.79 Å². The molecule has 0 radical (unpaired) electrons. The van der Waals surface area contributed by atoms with E-state index >= 15 is 0 Å². The highest BCUT2D eigenvalue weighted by molar-refractivity contribution is 7.89. The Morgan fingerprint density at radius 3 is 2.40 bits per heavy atom. The lowest BCUT2D eigenvalue weighted by Gasteiger charge is -2.05. The minimum atomic E-state index is -3.67. The number of primary sulfonamides is 1. The topological polar surface area (TPSA) is 98.5 Å². The summed E-state index contributed by atoms with van der Waals surface area (Å²) in [7, 11) is -3.67. The predicted molar refractivity (Wildman–Crippen MR) is 96.1 cm³/mol. The van der Waals surface area contributed by atoms with Crippen molar-refractivity contribution < 1.29 is 17.9 Å². The van der Waals surface area contributed by atoms with E-state index in [-0.39, 0.29) is 11.5 Å². The molecule has 0 saturated carbocycles. The minimum Gasteiger partial charge on any atom is -0.445 e. The fourth-order valence-electron chi connectivity index (χ4n) is 2.02. The normalized spacial score (nSPS) is 11.4. The summed E-state index contributed by atoms with van der Waals surface area (Å²) in [5.74, 6) is 0. The third-order valence-electron chi connectivity index (χ3n) is 3.31. The molecule has 1 amide bonds. The van der Waals surface area contributed by atoms with E-state index in [4.69, 9.17) is 9.88 Å². The van der Waals surface area contributed by atoms with Gasteiger partial charge in [-0.25, -0.2) is 18.4 Å². The molecule has 0 atom stereocenters. The number of amides is 1. The molecule has 2 aromatic carbocycles. The Morgan fingerprint density at radius 1 is 1.08 bits per heavy atom. The SMILES string of the molecule is NS(=O)(=O)c1ccc(C=CCCNC(=O)OCc2ccccc2)cc1. The summed E-state index contributed by atoms with van der Waals surface area (Å²) < 4.78 is 27.4. The first-order valence-electron chi connectivity index (χ1n) is 7.69. The van der Waals surface area contributed by atoms with E-state index in [2.05, 4.69) is 5.32 Å². The van der Waals surface area contributed by atoms with E-state index in [0.717, 1.165) is 11.1 Å². The molecule has 25 heavy (non-hydrogen) atoms. The van der Waals surface area contributed by atoms with Crippen molar-refractivity contribution in [1.82, 2.24) is 5.32 Å². The Morgan fingerprint density at radius 2 is 1.76 bits per heavy atom. The summed E-state index contributed by atoms with van der Waals surface area (Å²) in [6, 6.07) is 15.7. The van der Waals surface area contributed by atoms with Crippen LogP contribution >= 0.6 is 0 Å². The van der Waals surface area contributed by atoms with Crippen molar-refractivity contribution in [3.8, 4) is 0 Å². The number of nitrogens with one attached hydrogen (secondary N) is 1. The first kappa shape index (κ1) is 18.7. The molecule has 0 unspecified atom stereocenters. The molecule has 7 heteroatoms. The van der Waals surface area contributed by atoms with Crippen LogP contribution < -0.4 is 10.5 Å². The molecule has 2 aromatic rings. The first-order chi connectivity index (χ1) is 11.9. The number of hydrogen-bond donors (Lipinski definition) is 2. The Hall–Kier alpha value is -2.64. The molecule has 132 valence electrons. The van der Waals surface area contributed by atoms with Crippen molar-refractivity contribution in [2.45, 2.75) is 17.9 Å². The molecule has 6 nitrogen and oxygen atoms in total. The van der Waals surface area contributed by atoms with Crippen LogP contribution in [0.5, 0.6) is 0 Å². The Kier molecular flexibility index (Phi) is 6.73. The molecular weight excluding hydrogens is 340 g/mol. The van der Waals surface area contributed by atoms with Gasteiger partial charge in [0.1, 0.15) is 6.61 Å². The van der Waals surface area contributed by atoms with Crippen LogP contribution in [0.1, 0.15) is 17.5 Å². The molecule has 0 spiro atoms. The first-order valence-corrected chi connectivity index (χ1v) is 9.24. The summed E-state index contributed by atoms with van der Waals surface area (Å²) in [6.07, 6.45) is 3.87. The molecule has 3 N–H and O–H groups in total. The minimum absolute atomic E-state index is 0.0764. The van der Waals surface area contributed by atoms with Gasteiger partial charge in [-0.3, -0.25) is 0 Å². The maximum Gasteiger partial charge on any atom is 0.407 e. The monoisotopic (exact) mass is 360 g/mol. The number of alkyl carbamates (subject to hydrolysis) is 1. The predicted octanol–water partition coefficient (Wildman–Crippen LogP) is 2.66. The summed E-state index contributed by atoms with van der Waals surface area (Å²) in [5, 5.41) is 7.70. The van der Waals surface area contributed by atoms with E-state index < -0.39 is 16.1 Å². The molecule has 0 bridgehead atoms. The number of benzene rings is 2. The quantitative estimate of drug-likeness (QED) is 0.742. The number of sulfonamides is 1. The third-order valence-corrected chi connectivity index (χ3v) is 4.24. The van der Waals surface area contributed by atoms with Crippen molar-refractivity contribution in [1.29, 1.82) is 0 Å². The summed E-state index contributed by atoms with van der Waals surface area (Å²) >= 11 is 0. The smallest absolute Gasteiger partial charge is 0.407 e. The number of rotatable bonds is 7. The highest BCUT2D eigenvalue weighted by atomic mass is 32.2. The Bertz CT molecular complexity index is 816. The third kappa shape index (κ3) is 6.78. The van der Waals surface area contributed by atoms with Gasteiger partial charge >= 0.3 is 6.09 Å². The maximum atomic E-state index is 11.6. The highest BCUT2D eigenvalue weighted by Crippen LogP contribution is 2.10. The van der Waals surface area contributed by atoms with E-state index in [9.17, 15) is 13.2 Å². The van der Waals surface area contributed by atoms with Gasteiger partial charge in [-0.05, 0) is 29.7 Å². The van der Waals surface area contributed by atoms with Gasteiger partial charge in [-0.1, -0.05) is 54.6 Å². The van der Waals surface area contributed by atoms with Crippen LogP contribution in [0.3, 0.4) is 0 Å². The zero-order valence-electron chi connectivity index (χ0n) is 13.6. The van der Waals surface area contributed by atoms with Crippen LogP contribution in [0, 0.1) is 0 Å². The maximum absolute atomic E-state index is 11.6. The van der Waals surface area contributed by atoms with E-state index in [1.807, 2.05) is 42.5 Å². The van der Waals surface area contributed by atoms with Crippen molar-refractivity contribution in [2.75, 3.05) is 6.54 Å². The number of carbonyl (C=O) groups is 1. The van der Waals surface area contributed by atoms with Gasteiger partial charge in [0.25, 0.3) is 0 Å². The number of nitrogens with two attached hydrogens (primary N) is 1. The van der Waals surface area contributed by atoms with Gasteiger partial charge in [-0.15, -0.1) is 0 Å². The largest absolute Gasteiger partial charge is 0.445 e. The summed E-state index contributed by atoms with van der Waals surface area (Å²) in [6.45, 7) is 0.679. The van der Waals surface area contributed by atoms with Gasteiger partial charge in [0.15, 0.2) is 0 Å². The lowest BCUT2D eigenvalue weighted by atomic mass is 10.2. The number of carbonyl (C=O) groups excluding carboxylic acids is 1. The lowest BCUT2D eigenvalue weighted by Crippen LogP contribution is -2.24. The molecule has 0 aliphatic carbocycles. The fraction of sp³-hybridized carbons (Fsp3) is 0.167. The van der Waals surface area contributed by atoms with Crippen LogP contribution in [-0.2, 0) is 21.4 Å². The zero-order chi connectivity index (χ0) is 18.1. The highest BCUT2D eigenvalue weighted by Gasteiger charge is 2.05. The summed E-state index contributed by atoms with van der Waals surface area (Å²) in [4.78, 5) is 11.6. The molecule has 2 rings (SSSR count). The average Bonchev–Trinajstić information content (AvgIpc) is 2.60. The Balaban J connectivity index is 1.68. The molecule has 0 fully saturated rings. The number of hydrogen-bond acceptors (Lipinski definition) is 4. The second kappa shape index (κ2) is 9.00. The van der Waals surface area contributed by atoms with Gasteiger partial charge in [0, 0.05) is 6.54 Å². The lowest BCUT2D eigenvalue weighted by molar-refractivity contribution is 0.140. The second-order valence-electron chi connectivity index (χ2n) is 5.29.